The number of nitrogens with one attached hydrogen (secondary N) is 1. The van der Waals surface area contributed by atoms with Crippen LogP contribution in [-0.2, 0) is 19.3 Å². The Morgan fingerprint density at radius 3 is 2.70 bits per heavy atom. The molecule has 2 rings (SSSR count). The number of aryl methyl sites for hydroxylation is 3. The van der Waals surface area contributed by atoms with Gasteiger partial charge in [0.15, 0.2) is 0 Å². The van der Waals surface area contributed by atoms with Crippen molar-refractivity contribution in [3.05, 3.63) is 34.9 Å². The molecule has 0 saturated carbocycles. The van der Waals surface area contributed by atoms with Crippen LogP contribution in [0.25, 0.3) is 0 Å². The summed E-state index contributed by atoms with van der Waals surface area (Å²) in [5.74, 6) is 0. The molecule has 1 atom stereocenters. The van der Waals surface area contributed by atoms with Crippen molar-refractivity contribution in [2.24, 2.45) is 0 Å². The van der Waals surface area contributed by atoms with E-state index in [1.54, 1.807) is 16.7 Å². The van der Waals surface area contributed by atoms with Gasteiger partial charge in [-0.25, -0.2) is 0 Å². The highest BCUT2D eigenvalue weighted by molar-refractivity contribution is 5.35. The lowest BCUT2D eigenvalue weighted by molar-refractivity contribution is 0.438. The van der Waals surface area contributed by atoms with Crippen LogP contribution in [0.3, 0.4) is 0 Å². The van der Waals surface area contributed by atoms with Crippen LogP contribution in [-0.4, -0.2) is 12.6 Å². The molecule has 0 radical (unpaired) electrons. The second-order valence-electron chi connectivity index (χ2n) is 6.29. The molecule has 0 aliphatic heterocycles. The van der Waals surface area contributed by atoms with Gasteiger partial charge >= 0.3 is 0 Å². The van der Waals surface area contributed by atoms with Crippen molar-refractivity contribution in [2.45, 2.75) is 77.7 Å². The van der Waals surface area contributed by atoms with Crippen LogP contribution >= 0.6 is 0 Å². The first-order valence-electron chi connectivity index (χ1n) is 8.67. The molecule has 0 heterocycles. The van der Waals surface area contributed by atoms with Gasteiger partial charge in [0, 0.05) is 6.04 Å². The molecule has 1 N–H and O–H groups in total. The van der Waals surface area contributed by atoms with E-state index in [0.717, 1.165) is 6.04 Å². The number of fused-ring (bicyclic) bond motifs is 1. The van der Waals surface area contributed by atoms with Crippen molar-refractivity contribution < 1.29 is 0 Å². The molecule has 0 bridgehead atoms. The number of rotatable bonds is 9. The van der Waals surface area contributed by atoms with Gasteiger partial charge in [0.05, 0.1) is 0 Å². The van der Waals surface area contributed by atoms with Gasteiger partial charge < -0.3 is 5.32 Å². The van der Waals surface area contributed by atoms with E-state index in [9.17, 15) is 0 Å². The Kier molecular flexibility index (Phi) is 6.59. The van der Waals surface area contributed by atoms with Crippen molar-refractivity contribution in [2.75, 3.05) is 6.54 Å². The first-order valence-corrected chi connectivity index (χ1v) is 8.67. The average molecular weight is 273 g/mol. The van der Waals surface area contributed by atoms with Gasteiger partial charge in [0.25, 0.3) is 0 Å². The minimum Gasteiger partial charge on any atom is -0.314 e. The summed E-state index contributed by atoms with van der Waals surface area (Å²) in [5, 5.41) is 3.70. The molecule has 1 heteroatoms. The predicted molar refractivity (Wildman–Crippen MR) is 88.4 cm³/mol. The fourth-order valence-corrected chi connectivity index (χ4v) is 3.38. The fourth-order valence-electron chi connectivity index (χ4n) is 3.38. The van der Waals surface area contributed by atoms with Gasteiger partial charge in [0.2, 0.25) is 0 Å². The SMILES string of the molecule is CCCNC(CCC)CCCc1ccc2c(c1)CCC2. The second-order valence-corrected chi connectivity index (χ2v) is 6.29. The summed E-state index contributed by atoms with van der Waals surface area (Å²) in [7, 11) is 0. The Balaban J connectivity index is 1.76. The first-order chi connectivity index (χ1) is 9.83. The van der Waals surface area contributed by atoms with E-state index in [4.69, 9.17) is 0 Å². The molecule has 1 aliphatic carbocycles. The predicted octanol–water partition coefficient (Wildman–Crippen LogP) is 4.67. The Labute approximate surface area is 125 Å². The highest BCUT2D eigenvalue weighted by Gasteiger charge is 2.11. The van der Waals surface area contributed by atoms with E-state index in [-0.39, 0.29) is 0 Å². The molecule has 20 heavy (non-hydrogen) atoms. The molecule has 1 aliphatic rings. The molecule has 1 aromatic carbocycles. The maximum Gasteiger partial charge on any atom is 0.00670 e. The van der Waals surface area contributed by atoms with E-state index in [2.05, 4.69) is 37.4 Å². The monoisotopic (exact) mass is 273 g/mol. The maximum atomic E-state index is 3.70. The van der Waals surface area contributed by atoms with Crippen LogP contribution < -0.4 is 5.32 Å². The average Bonchev–Trinajstić information content (AvgIpc) is 2.92. The molecule has 0 saturated heterocycles. The molecule has 1 unspecified atom stereocenters. The summed E-state index contributed by atoms with van der Waals surface area (Å²) in [6.45, 7) is 5.71. The van der Waals surface area contributed by atoms with Crippen LogP contribution in [0.4, 0.5) is 0 Å². The van der Waals surface area contributed by atoms with Crippen LogP contribution in [0.1, 0.15) is 69.1 Å². The Bertz CT molecular complexity index is 397. The molecular formula is C19H31N. The third-order valence-electron chi connectivity index (χ3n) is 4.50. The lowest BCUT2D eigenvalue weighted by Crippen LogP contribution is -2.29. The van der Waals surface area contributed by atoms with Gasteiger partial charge in [-0.1, -0.05) is 38.5 Å². The van der Waals surface area contributed by atoms with Crippen LogP contribution in [0, 0.1) is 0 Å². The number of hydrogen-bond acceptors (Lipinski definition) is 1. The van der Waals surface area contributed by atoms with Crippen molar-refractivity contribution in [1.82, 2.24) is 5.32 Å². The van der Waals surface area contributed by atoms with Crippen LogP contribution in [0.15, 0.2) is 18.2 Å². The first kappa shape index (κ1) is 15.6. The maximum absolute atomic E-state index is 3.70. The molecule has 112 valence electrons. The van der Waals surface area contributed by atoms with Gasteiger partial charge in [0.1, 0.15) is 0 Å². The van der Waals surface area contributed by atoms with Gasteiger partial charge in [-0.3, -0.25) is 0 Å². The highest BCUT2D eigenvalue weighted by Crippen LogP contribution is 2.23. The summed E-state index contributed by atoms with van der Waals surface area (Å²) < 4.78 is 0. The van der Waals surface area contributed by atoms with Crippen molar-refractivity contribution in [1.29, 1.82) is 0 Å². The highest BCUT2D eigenvalue weighted by atomic mass is 14.9. The van der Waals surface area contributed by atoms with Crippen molar-refractivity contribution >= 4 is 0 Å². The third kappa shape index (κ3) is 4.63. The van der Waals surface area contributed by atoms with Crippen LogP contribution in [0.2, 0.25) is 0 Å². The standard InChI is InChI=1S/C19H31N/c1-3-7-19(20-14-4-2)11-5-8-16-12-13-17-9-6-10-18(17)15-16/h12-13,15,19-20H,3-11,14H2,1-2H3. The largest absolute Gasteiger partial charge is 0.314 e. The van der Waals surface area contributed by atoms with E-state index in [1.807, 2.05) is 0 Å². The van der Waals surface area contributed by atoms with Crippen molar-refractivity contribution in [3.63, 3.8) is 0 Å². The van der Waals surface area contributed by atoms with Crippen molar-refractivity contribution in [3.8, 4) is 0 Å². The zero-order valence-electron chi connectivity index (χ0n) is 13.4. The van der Waals surface area contributed by atoms with E-state index in [1.165, 1.54) is 64.3 Å². The Morgan fingerprint density at radius 1 is 1.05 bits per heavy atom. The van der Waals surface area contributed by atoms with Gasteiger partial charge in [-0.15, -0.1) is 0 Å². The number of benzene rings is 1. The normalized spacial score (nSPS) is 15.3. The Hall–Kier alpha value is -0.820. The molecule has 0 spiro atoms. The lowest BCUT2D eigenvalue weighted by Gasteiger charge is -2.17. The van der Waals surface area contributed by atoms with E-state index < -0.39 is 0 Å². The van der Waals surface area contributed by atoms with Gasteiger partial charge in [-0.05, 0) is 74.6 Å². The topological polar surface area (TPSA) is 12.0 Å². The smallest absolute Gasteiger partial charge is 0.00670 e. The van der Waals surface area contributed by atoms with E-state index >= 15 is 0 Å². The van der Waals surface area contributed by atoms with Crippen LogP contribution in [0.5, 0.6) is 0 Å². The summed E-state index contributed by atoms with van der Waals surface area (Å²) >= 11 is 0. The molecule has 0 amide bonds. The molecule has 0 aromatic heterocycles. The second kappa shape index (κ2) is 8.46. The summed E-state index contributed by atoms with van der Waals surface area (Å²) in [6.07, 6.45) is 11.7. The zero-order valence-corrected chi connectivity index (χ0v) is 13.4. The Morgan fingerprint density at radius 2 is 1.90 bits per heavy atom. The molecule has 1 nitrogen and oxygen atoms in total. The third-order valence-corrected chi connectivity index (χ3v) is 4.50. The summed E-state index contributed by atoms with van der Waals surface area (Å²) in [4.78, 5) is 0. The zero-order chi connectivity index (χ0) is 14.2. The minimum atomic E-state index is 0.731. The molecule has 0 fully saturated rings. The quantitative estimate of drug-likeness (QED) is 0.689. The van der Waals surface area contributed by atoms with E-state index in [0.29, 0.717) is 0 Å². The molecular weight excluding hydrogens is 242 g/mol. The summed E-state index contributed by atoms with van der Waals surface area (Å²) in [5.41, 5.74) is 4.77. The fraction of sp³-hybridized carbons (Fsp3) is 0.684. The number of hydrogen-bond donors (Lipinski definition) is 1. The minimum absolute atomic E-state index is 0.731. The summed E-state index contributed by atoms with van der Waals surface area (Å²) in [6, 6.07) is 7.93. The van der Waals surface area contributed by atoms with Gasteiger partial charge in [-0.2, -0.15) is 0 Å². The molecule has 1 aromatic rings. The lowest BCUT2D eigenvalue weighted by atomic mass is 9.99.